The maximum atomic E-state index is 12.8. The standard InChI is InChI=1S/C20H19N3O3/c1-22(12-17-13-25-18-7-2-3-8-19(18)26-17)20(24)15-5-4-6-16(11-15)23-10-9-21-14-23/h2-11,14,17H,12-13H2,1H3. The number of fused-ring (bicyclic) bond motifs is 1. The van der Waals surface area contributed by atoms with Gasteiger partial charge in [-0.05, 0) is 30.3 Å². The molecule has 1 amide bonds. The molecule has 0 spiro atoms. The molecule has 2 heterocycles. The van der Waals surface area contributed by atoms with E-state index in [1.165, 1.54) is 0 Å². The third-order valence-corrected chi connectivity index (χ3v) is 4.29. The van der Waals surface area contributed by atoms with Crippen LogP contribution in [0.3, 0.4) is 0 Å². The van der Waals surface area contributed by atoms with Crippen molar-refractivity contribution < 1.29 is 14.3 Å². The van der Waals surface area contributed by atoms with Gasteiger partial charge in [0, 0.05) is 30.7 Å². The lowest BCUT2D eigenvalue weighted by atomic mass is 10.1. The number of carbonyl (C=O) groups excluding carboxylic acids is 1. The minimum Gasteiger partial charge on any atom is -0.486 e. The first kappa shape index (κ1) is 16.2. The maximum Gasteiger partial charge on any atom is 0.253 e. The Bertz CT molecular complexity index is 908. The second-order valence-corrected chi connectivity index (χ2v) is 6.20. The van der Waals surface area contributed by atoms with Gasteiger partial charge in [0.2, 0.25) is 0 Å². The predicted molar refractivity (Wildman–Crippen MR) is 96.9 cm³/mol. The van der Waals surface area contributed by atoms with Crippen molar-refractivity contribution in [1.82, 2.24) is 14.5 Å². The summed E-state index contributed by atoms with van der Waals surface area (Å²) >= 11 is 0. The first-order valence-electron chi connectivity index (χ1n) is 8.43. The smallest absolute Gasteiger partial charge is 0.253 e. The van der Waals surface area contributed by atoms with Gasteiger partial charge < -0.3 is 18.9 Å². The van der Waals surface area contributed by atoms with Crippen molar-refractivity contribution >= 4 is 5.91 Å². The fourth-order valence-corrected chi connectivity index (χ4v) is 2.97. The van der Waals surface area contributed by atoms with Crippen molar-refractivity contribution in [3.05, 3.63) is 72.8 Å². The molecule has 0 N–H and O–H groups in total. The number of amides is 1. The molecule has 0 fully saturated rings. The Morgan fingerprint density at radius 3 is 2.88 bits per heavy atom. The molecule has 6 nitrogen and oxygen atoms in total. The van der Waals surface area contributed by atoms with Crippen LogP contribution in [0.25, 0.3) is 5.69 Å². The molecule has 132 valence electrons. The van der Waals surface area contributed by atoms with E-state index in [0.717, 1.165) is 11.4 Å². The zero-order chi connectivity index (χ0) is 17.9. The van der Waals surface area contributed by atoms with Gasteiger partial charge in [-0.3, -0.25) is 4.79 Å². The van der Waals surface area contributed by atoms with Gasteiger partial charge >= 0.3 is 0 Å². The predicted octanol–water partition coefficient (Wildman–Crippen LogP) is 2.78. The number of imidazole rings is 1. The van der Waals surface area contributed by atoms with Crippen LogP contribution in [0.5, 0.6) is 11.5 Å². The average Bonchev–Trinajstić information content (AvgIpc) is 3.22. The number of carbonyl (C=O) groups is 1. The summed E-state index contributed by atoms with van der Waals surface area (Å²) in [7, 11) is 1.77. The van der Waals surface area contributed by atoms with Crippen LogP contribution >= 0.6 is 0 Å². The molecule has 1 aliphatic heterocycles. The Balaban J connectivity index is 1.45. The Hall–Kier alpha value is -3.28. The fourth-order valence-electron chi connectivity index (χ4n) is 2.97. The fraction of sp³-hybridized carbons (Fsp3) is 0.200. The molecule has 4 rings (SSSR count). The van der Waals surface area contributed by atoms with E-state index < -0.39 is 0 Å². The minimum absolute atomic E-state index is 0.0607. The van der Waals surface area contributed by atoms with E-state index in [9.17, 15) is 4.79 Å². The van der Waals surface area contributed by atoms with Crippen LogP contribution < -0.4 is 9.47 Å². The largest absolute Gasteiger partial charge is 0.486 e. The maximum absolute atomic E-state index is 12.8. The minimum atomic E-state index is -0.198. The molecule has 1 unspecified atom stereocenters. The lowest BCUT2D eigenvalue weighted by molar-refractivity contribution is 0.0521. The van der Waals surface area contributed by atoms with Crippen molar-refractivity contribution in [2.45, 2.75) is 6.10 Å². The zero-order valence-electron chi connectivity index (χ0n) is 14.4. The second-order valence-electron chi connectivity index (χ2n) is 6.20. The van der Waals surface area contributed by atoms with Crippen LogP contribution in [0.1, 0.15) is 10.4 Å². The van der Waals surface area contributed by atoms with Gasteiger partial charge in [-0.25, -0.2) is 4.98 Å². The summed E-state index contributed by atoms with van der Waals surface area (Å²) in [6.45, 7) is 0.867. The lowest BCUT2D eigenvalue weighted by Crippen LogP contribution is -2.41. The molecule has 0 saturated heterocycles. The quantitative estimate of drug-likeness (QED) is 0.727. The number of benzene rings is 2. The molecule has 1 aliphatic rings. The Morgan fingerprint density at radius 2 is 2.08 bits per heavy atom. The summed E-state index contributed by atoms with van der Waals surface area (Å²) < 4.78 is 13.5. The number of para-hydroxylation sites is 2. The van der Waals surface area contributed by atoms with Gasteiger partial charge in [-0.1, -0.05) is 18.2 Å². The molecule has 26 heavy (non-hydrogen) atoms. The number of hydrogen-bond donors (Lipinski definition) is 0. The van der Waals surface area contributed by atoms with Crippen molar-refractivity contribution in [2.24, 2.45) is 0 Å². The van der Waals surface area contributed by atoms with E-state index in [1.807, 2.05) is 59.3 Å². The van der Waals surface area contributed by atoms with Gasteiger partial charge in [0.05, 0.1) is 12.9 Å². The summed E-state index contributed by atoms with van der Waals surface area (Å²) in [4.78, 5) is 18.5. The third kappa shape index (κ3) is 3.26. The van der Waals surface area contributed by atoms with Crippen LogP contribution in [0, 0.1) is 0 Å². The number of ether oxygens (including phenoxy) is 2. The SMILES string of the molecule is CN(CC1COc2ccccc2O1)C(=O)c1cccc(-n2ccnc2)c1. The average molecular weight is 349 g/mol. The highest BCUT2D eigenvalue weighted by Crippen LogP contribution is 2.31. The molecule has 6 heteroatoms. The number of hydrogen-bond acceptors (Lipinski definition) is 4. The highest BCUT2D eigenvalue weighted by Gasteiger charge is 2.24. The summed E-state index contributed by atoms with van der Waals surface area (Å²) in [5.74, 6) is 1.40. The lowest BCUT2D eigenvalue weighted by Gasteiger charge is -2.29. The highest BCUT2D eigenvalue weighted by atomic mass is 16.6. The number of likely N-dealkylation sites (N-methyl/N-ethyl adjacent to an activating group) is 1. The van der Waals surface area contributed by atoms with Crippen LogP contribution in [-0.4, -0.2) is 46.7 Å². The Labute approximate surface area is 151 Å². The molecule has 1 aromatic heterocycles. The van der Waals surface area contributed by atoms with E-state index >= 15 is 0 Å². The number of nitrogens with zero attached hydrogens (tertiary/aromatic N) is 3. The number of aromatic nitrogens is 2. The summed E-state index contributed by atoms with van der Waals surface area (Å²) in [5.41, 5.74) is 1.52. The van der Waals surface area contributed by atoms with Crippen molar-refractivity contribution in [1.29, 1.82) is 0 Å². The van der Waals surface area contributed by atoms with Crippen LogP contribution in [0.15, 0.2) is 67.3 Å². The summed E-state index contributed by atoms with van der Waals surface area (Å²) in [5, 5.41) is 0. The molecule has 2 aromatic carbocycles. The van der Waals surface area contributed by atoms with E-state index in [-0.39, 0.29) is 12.0 Å². The van der Waals surface area contributed by atoms with Crippen molar-refractivity contribution in [3.63, 3.8) is 0 Å². The van der Waals surface area contributed by atoms with Gasteiger partial charge in [0.15, 0.2) is 17.6 Å². The molecule has 0 radical (unpaired) electrons. The van der Waals surface area contributed by atoms with Crippen LogP contribution in [-0.2, 0) is 0 Å². The van der Waals surface area contributed by atoms with Crippen LogP contribution in [0.4, 0.5) is 0 Å². The monoisotopic (exact) mass is 349 g/mol. The Morgan fingerprint density at radius 1 is 1.23 bits per heavy atom. The number of rotatable bonds is 4. The first-order chi connectivity index (χ1) is 12.7. The van der Waals surface area contributed by atoms with Gasteiger partial charge in [-0.2, -0.15) is 0 Å². The molecule has 0 saturated carbocycles. The summed E-state index contributed by atoms with van der Waals surface area (Å²) in [6.07, 6.45) is 5.06. The molecule has 0 bridgehead atoms. The molecule has 3 aromatic rings. The van der Waals surface area contributed by atoms with E-state index in [2.05, 4.69) is 4.98 Å². The Kier molecular flexibility index (Phi) is 4.31. The van der Waals surface area contributed by atoms with Crippen molar-refractivity contribution in [3.8, 4) is 17.2 Å². The third-order valence-electron chi connectivity index (χ3n) is 4.29. The van der Waals surface area contributed by atoms with Gasteiger partial charge in [-0.15, -0.1) is 0 Å². The van der Waals surface area contributed by atoms with Gasteiger partial charge in [0.25, 0.3) is 5.91 Å². The highest BCUT2D eigenvalue weighted by molar-refractivity contribution is 5.94. The van der Waals surface area contributed by atoms with E-state index in [0.29, 0.717) is 24.5 Å². The van der Waals surface area contributed by atoms with Crippen molar-refractivity contribution in [2.75, 3.05) is 20.2 Å². The second kappa shape index (κ2) is 6.92. The zero-order valence-corrected chi connectivity index (χ0v) is 14.4. The topological polar surface area (TPSA) is 56.6 Å². The molecule has 1 atom stereocenters. The molecule has 0 aliphatic carbocycles. The molecular weight excluding hydrogens is 330 g/mol. The van der Waals surface area contributed by atoms with Crippen LogP contribution in [0.2, 0.25) is 0 Å². The summed E-state index contributed by atoms with van der Waals surface area (Å²) in [6, 6.07) is 15.0. The van der Waals surface area contributed by atoms with Gasteiger partial charge in [0.1, 0.15) is 6.61 Å². The normalized spacial score (nSPS) is 15.5. The van der Waals surface area contributed by atoms with E-state index in [1.54, 1.807) is 24.5 Å². The van der Waals surface area contributed by atoms with E-state index in [4.69, 9.17) is 9.47 Å². The molecular formula is C20H19N3O3. The first-order valence-corrected chi connectivity index (χ1v) is 8.43.